The molecule has 0 spiro atoms. The maximum absolute atomic E-state index is 12.2. The highest BCUT2D eigenvalue weighted by Crippen LogP contribution is 2.16. The van der Waals surface area contributed by atoms with Crippen LogP contribution in [0, 0.1) is 0 Å². The summed E-state index contributed by atoms with van der Waals surface area (Å²) in [7, 11) is 3.17. The first-order valence-corrected chi connectivity index (χ1v) is 8.10. The molecule has 0 saturated heterocycles. The third kappa shape index (κ3) is 2.99. The Morgan fingerprint density at radius 2 is 2.00 bits per heavy atom. The van der Waals surface area contributed by atoms with Crippen LogP contribution in [0.1, 0.15) is 19.4 Å². The summed E-state index contributed by atoms with van der Waals surface area (Å²) in [5, 5.41) is 4.35. The number of hydrogen-bond donors (Lipinski definition) is 2. The van der Waals surface area contributed by atoms with Crippen LogP contribution in [0.2, 0.25) is 0 Å². The summed E-state index contributed by atoms with van der Waals surface area (Å²) in [4.78, 5) is 30.6. The molecule has 9 heteroatoms. The van der Waals surface area contributed by atoms with E-state index in [1.165, 1.54) is 4.57 Å². The van der Waals surface area contributed by atoms with E-state index in [2.05, 4.69) is 20.5 Å². The quantitative estimate of drug-likeness (QED) is 0.529. The van der Waals surface area contributed by atoms with Gasteiger partial charge in [0.2, 0.25) is 5.95 Å². The normalized spacial score (nSPS) is 11.8. The van der Waals surface area contributed by atoms with Gasteiger partial charge in [0.15, 0.2) is 11.2 Å². The molecule has 26 heavy (non-hydrogen) atoms. The summed E-state index contributed by atoms with van der Waals surface area (Å²) in [5.74, 6) is 1.16. The monoisotopic (exact) mass is 356 g/mol. The second-order valence-electron chi connectivity index (χ2n) is 5.71. The number of imidazole rings is 1. The Morgan fingerprint density at radius 3 is 2.62 bits per heavy atom. The molecular formula is C17H20N6O3. The van der Waals surface area contributed by atoms with Crippen molar-refractivity contribution in [2.24, 2.45) is 12.1 Å². The summed E-state index contributed by atoms with van der Waals surface area (Å²) in [5.41, 5.74) is 4.21. The minimum atomic E-state index is -0.507. The molecule has 0 unspecified atom stereocenters. The van der Waals surface area contributed by atoms with E-state index in [0.29, 0.717) is 23.7 Å². The molecule has 3 aromatic rings. The fraction of sp³-hybridized carbons (Fsp3) is 0.294. The minimum absolute atomic E-state index is 0.306. The van der Waals surface area contributed by atoms with Crippen molar-refractivity contribution >= 4 is 22.8 Å². The van der Waals surface area contributed by atoms with Gasteiger partial charge >= 0.3 is 5.69 Å². The largest absolute Gasteiger partial charge is 0.497 e. The number of nitrogens with one attached hydrogen (secondary N) is 2. The van der Waals surface area contributed by atoms with E-state index in [0.717, 1.165) is 17.0 Å². The first-order valence-electron chi connectivity index (χ1n) is 8.10. The van der Waals surface area contributed by atoms with Gasteiger partial charge in [0.05, 0.1) is 12.8 Å². The topological polar surface area (TPSA) is 106 Å². The summed E-state index contributed by atoms with van der Waals surface area (Å²) in [6.45, 7) is 4.24. The number of benzene rings is 1. The van der Waals surface area contributed by atoms with E-state index in [9.17, 15) is 9.59 Å². The molecular weight excluding hydrogens is 336 g/mol. The zero-order valence-corrected chi connectivity index (χ0v) is 15.0. The Labute approximate surface area is 148 Å². The lowest BCUT2D eigenvalue weighted by atomic mass is 10.1. The van der Waals surface area contributed by atoms with E-state index in [-0.39, 0.29) is 0 Å². The van der Waals surface area contributed by atoms with Crippen molar-refractivity contribution in [2.75, 3.05) is 12.5 Å². The van der Waals surface area contributed by atoms with Crippen molar-refractivity contribution in [3.05, 3.63) is 50.7 Å². The maximum atomic E-state index is 12.2. The van der Waals surface area contributed by atoms with Crippen LogP contribution < -0.4 is 21.4 Å². The smallest absolute Gasteiger partial charge is 0.329 e. The highest BCUT2D eigenvalue weighted by molar-refractivity contribution is 5.99. The summed E-state index contributed by atoms with van der Waals surface area (Å²) >= 11 is 0. The molecule has 0 saturated carbocycles. The molecule has 2 aromatic heterocycles. The molecule has 0 atom stereocenters. The Balaban J connectivity index is 2.00. The number of anilines is 1. The highest BCUT2D eigenvalue weighted by Gasteiger charge is 2.16. The summed E-state index contributed by atoms with van der Waals surface area (Å²) < 4.78 is 8.12. The number of aromatic amines is 1. The van der Waals surface area contributed by atoms with Crippen LogP contribution in [-0.2, 0) is 13.6 Å². The van der Waals surface area contributed by atoms with E-state index in [4.69, 9.17) is 4.74 Å². The first kappa shape index (κ1) is 17.5. The molecule has 0 aliphatic carbocycles. The Kier molecular flexibility index (Phi) is 4.61. The number of H-pyrrole nitrogens is 1. The maximum Gasteiger partial charge on any atom is 0.329 e. The fourth-order valence-corrected chi connectivity index (χ4v) is 2.66. The van der Waals surface area contributed by atoms with Gasteiger partial charge in [-0.05, 0) is 43.7 Å². The number of aromatic nitrogens is 4. The average molecular weight is 356 g/mol. The van der Waals surface area contributed by atoms with E-state index < -0.39 is 11.2 Å². The third-order valence-electron chi connectivity index (χ3n) is 4.15. The number of nitrogens with zero attached hydrogens (tertiary/aromatic N) is 4. The van der Waals surface area contributed by atoms with Crippen LogP contribution in [0.4, 0.5) is 5.95 Å². The van der Waals surface area contributed by atoms with Crippen molar-refractivity contribution in [2.45, 2.75) is 20.4 Å². The Morgan fingerprint density at radius 1 is 1.31 bits per heavy atom. The number of hydrogen-bond acceptors (Lipinski definition) is 6. The van der Waals surface area contributed by atoms with Gasteiger partial charge in [0.25, 0.3) is 5.56 Å². The molecule has 0 amide bonds. The average Bonchev–Trinajstić information content (AvgIpc) is 3.03. The van der Waals surface area contributed by atoms with Gasteiger partial charge in [0.1, 0.15) is 5.75 Å². The Bertz CT molecular complexity index is 1090. The lowest BCUT2D eigenvalue weighted by Gasteiger charge is -2.06. The van der Waals surface area contributed by atoms with Gasteiger partial charge in [-0.25, -0.2) is 10.2 Å². The zero-order chi connectivity index (χ0) is 18.8. The number of rotatable bonds is 5. The summed E-state index contributed by atoms with van der Waals surface area (Å²) in [6.07, 6.45) is 0. The zero-order valence-electron chi connectivity index (χ0n) is 15.0. The van der Waals surface area contributed by atoms with Gasteiger partial charge < -0.3 is 9.30 Å². The molecule has 0 fully saturated rings. The number of methoxy groups -OCH3 is 1. The molecule has 0 bridgehead atoms. The fourth-order valence-electron chi connectivity index (χ4n) is 2.66. The van der Waals surface area contributed by atoms with Crippen LogP contribution in [0.25, 0.3) is 11.2 Å². The van der Waals surface area contributed by atoms with Gasteiger partial charge in [-0.1, -0.05) is 0 Å². The summed E-state index contributed by atoms with van der Waals surface area (Å²) in [6, 6.07) is 7.50. The van der Waals surface area contributed by atoms with Gasteiger partial charge in [0, 0.05) is 13.6 Å². The molecule has 0 aliphatic heterocycles. The Hall–Kier alpha value is -3.36. The number of ether oxygens (including phenoxy) is 1. The number of fused-ring (bicyclic) bond motifs is 1. The van der Waals surface area contributed by atoms with Crippen molar-refractivity contribution in [1.29, 1.82) is 0 Å². The predicted molar refractivity (Wildman–Crippen MR) is 100 cm³/mol. The second kappa shape index (κ2) is 6.87. The molecule has 0 radical (unpaired) electrons. The number of hydrazone groups is 1. The van der Waals surface area contributed by atoms with Crippen LogP contribution in [0.5, 0.6) is 5.75 Å². The van der Waals surface area contributed by atoms with Crippen molar-refractivity contribution in [1.82, 2.24) is 19.1 Å². The molecule has 1 aromatic carbocycles. The predicted octanol–water partition coefficient (Wildman–Crippen LogP) is 1.29. The lowest BCUT2D eigenvalue weighted by molar-refractivity contribution is 0.415. The lowest BCUT2D eigenvalue weighted by Crippen LogP contribution is -2.29. The van der Waals surface area contributed by atoms with E-state index in [1.807, 2.05) is 38.1 Å². The molecule has 0 aliphatic rings. The SMILES string of the molecule is CCn1c(N/N=C(/C)c2ccc(OC)cc2)nc2c1c(=O)[nH]c(=O)n2C. The van der Waals surface area contributed by atoms with Crippen LogP contribution in [0.15, 0.2) is 39.0 Å². The van der Waals surface area contributed by atoms with E-state index >= 15 is 0 Å². The van der Waals surface area contributed by atoms with Crippen LogP contribution >= 0.6 is 0 Å². The third-order valence-corrected chi connectivity index (χ3v) is 4.15. The van der Waals surface area contributed by atoms with E-state index in [1.54, 1.807) is 18.7 Å². The van der Waals surface area contributed by atoms with Crippen LogP contribution in [-0.4, -0.2) is 31.9 Å². The van der Waals surface area contributed by atoms with Crippen LogP contribution in [0.3, 0.4) is 0 Å². The van der Waals surface area contributed by atoms with Gasteiger partial charge in [-0.2, -0.15) is 10.1 Å². The minimum Gasteiger partial charge on any atom is -0.497 e. The molecule has 2 N–H and O–H groups in total. The second-order valence-corrected chi connectivity index (χ2v) is 5.71. The van der Waals surface area contributed by atoms with Crippen molar-refractivity contribution in [3.63, 3.8) is 0 Å². The van der Waals surface area contributed by atoms with Gasteiger partial charge in [-0.15, -0.1) is 0 Å². The van der Waals surface area contributed by atoms with Crippen molar-refractivity contribution < 1.29 is 4.74 Å². The van der Waals surface area contributed by atoms with Gasteiger partial charge in [-0.3, -0.25) is 14.3 Å². The highest BCUT2D eigenvalue weighted by atomic mass is 16.5. The number of aryl methyl sites for hydroxylation is 2. The first-order chi connectivity index (χ1) is 12.5. The van der Waals surface area contributed by atoms with Crippen molar-refractivity contribution in [3.8, 4) is 5.75 Å². The molecule has 136 valence electrons. The standard InChI is InChI=1S/C17H20N6O3/c1-5-23-13-14(22(3)17(25)19-15(13)24)18-16(23)21-20-10(2)11-6-8-12(26-4)9-7-11/h6-9H,5H2,1-4H3,(H,18,21)(H,19,24,25)/b20-10-. The molecule has 2 heterocycles. The molecule has 3 rings (SSSR count). The molecule has 9 nitrogen and oxygen atoms in total.